The molecule has 0 bridgehead atoms. The number of rotatable bonds is 4. The van der Waals surface area contributed by atoms with Gasteiger partial charge in [-0.25, -0.2) is 9.97 Å². The van der Waals surface area contributed by atoms with Crippen LogP contribution < -0.4 is 0 Å². The molecule has 3 nitrogen and oxygen atoms in total. The van der Waals surface area contributed by atoms with Gasteiger partial charge in [-0.05, 0) is 18.9 Å². The molecule has 1 rings (SSSR count). The Bertz CT molecular complexity index is 268. The zero-order valence-corrected chi connectivity index (χ0v) is 8.71. The average Bonchev–Trinajstić information content (AvgIpc) is 2.14. The number of aliphatic hydroxyl groups is 1. The molecule has 0 fully saturated rings. The Hall–Kier alpha value is -0.610. The van der Waals surface area contributed by atoms with Crippen molar-refractivity contribution < 1.29 is 5.11 Å². The molecule has 13 heavy (non-hydrogen) atoms. The van der Waals surface area contributed by atoms with Gasteiger partial charge in [-0.1, -0.05) is 6.92 Å². The van der Waals surface area contributed by atoms with E-state index in [9.17, 15) is 0 Å². The topological polar surface area (TPSA) is 46.0 Å². The maximum atomic E-state index is 8.82. The fourth-order valence-electron chi connectivity index (χ4n) is 0.789. The summed E-state index contributed by atoms with van der Waals surface area (Å²) in [7, 11) is 0. The summed E-state index contributed by atoms with van der Waals surface area (Å²) >= 11 is 1.66. The number of nitrogens with zero attached hydrogens (tertiary/aromatic N) is 2. The lowest BCUT2D eigenvalue weighted by molar-refractivity contribution is 0.250. The molecule has 1 aromatic rings. The molecule has 1 N–H and O–H groups in total. The summed E-state index contributed by atoms with van der Waals surface area (Å²) in [6.45, 7) is 4.19. The molecule has 0 saturated carbocycles. The quantitative estimate of drug-likeness (QED) is 0.588. The molecule has 1 heterocycles. The van der Waals surface area contributed by atoms with Crippen LogP contribution >= 0.6 is 11.8 Å². The first-order valence-electron chi connectivity index (χ1n) is 4.24. The van der Waals surface area contributed by atoms with E-state index in [0.717, 1.165) is 16.5 Å². The Labute approximate surface area is 82.6 Å². The van der Waals surface area contributed by atoms with E-state index in [1.165, 1.54) is 0 Å². The summed E-state index contributed by atoms with van der Waals surface area (Å²) in [4.78, 5) is 8.13. The van der Waals surface area contributed by atoms with Gasteiger partial charge in [0.05, 0.1) is 5.03 Å². The van der Waals surface area contributed by atoms with E-state index >= 15 is 0 Å². The number of aryl methyl sites for hydroxylation is 1. The first-order valence-corrected chi connectivity index (χ1v) is 5.23. The Morgan fingerprint density at radius 1 is 1.54 bits per heavy atom. The third kappa shape index (κ3) is 3.74. The number of hydrogen-bond donors (Lipinski definition) is 1. The summed E-state index contributed by atoms with van der Waals surface area (Å²) in [5.41, 5.74) is 0.981. The highest BCUT2D eigenvalue weighted by atomic mass is 32.2. The van der Waals surface area contributed by atoms with Crippen LogP contribution in [-0.2, 0) is 0 Å². The van der Waals surface area contributed by atoms with Crippen LogP contribution in [0.25, 0.3) is 0 Å². The molecule has 4 heteroatoms. The second-order valence-corrected chi connectivity index (χ2v) is 4.14. The molecule has 72 valence electrons. The van der Waals surface area contributed by atoms with Crippen molar-refractivity contribution in [2.75, 3.05) is 12.4 Å². The van der Waals surface area contributed by atoms with Gasteiger partial charge in [0, 0.05) is 18.1 Å². The highest BCUT2D eigenvalue weighted by Gasteiger charge is 2.02. The van der Waals surface area contributed by atoms with Gasteiger partial charge in [0.15, 0.2) is 0 Å². The number of aliphatic hydroxyl groups excluding tert-OH is 1. The van der Waals surface area contributed by atoms with E-state index in [4.69, 9.17) is 5.11 Å². The van der Waals surface area contributed by atoms with Crippen LogP contribution in [0.5, 0.6) is 0 Å². The minimum atomic E-state index is 0.233. The number of thioether (sulfide) groups is 1. The summed E-state index contributed by atoms with van der Waals surface area (Å²) in [6, 6.07) is 1.95. The maximum Gasteiger partial charge on any atom is 0.116 e. The lowest BCUT2D eigenvalue weighted by Crippen LogP contribution is -2.03. The van der Waals surface area contributed by atoms with Crippen LogP contribution in [0.15, 0.2) is 17.4 Å². The Morgan fingerprint density at radius 3 is 2.92 bits per heavy atom. The lowest BCUT2D eigenvalue weighted by Gasteiger charge is -2.05. The van der Waals surface area contributed by atoms with Crippen LogP contribution in [0.4, 0.5) is 0 Å². The highest BCUT2D eigenvalue weighted by Crippen LogP contribution is 2.17. The maximum absolute atomic E-state index is 8.82. The van der Waals surface area contributed by atoms with E-state index in [0.29, 0.717) is 5.92 Å². The second-order valence-electron chi connectivity index (χ2n) is 3.10. The van der Waals surface area contributed by atoms with Crippen molar-refractivity contribution >= 4 is 11.8 Å². The molecule has 1 atom stereocenters. The van der Waals surface area contributed by atoms with E-state index < -0.39 is 0 Å². The zero-order valence-electron chi connectivity index (χ0n) is 7.90. The monoisotopic (exact) mass is 198 g/mol. The van der Waals surface area contributed by atoms with Crippen molar-refractivity contribution in [3.05, 3.63) is 18.1 Å². The van der Waals surface area contributed by atoms with Gasteiger partial charge >= 0.3 is 0 Å². The Kier molecular flexibility index (Phi) is 4.18. The largest absolute Gasteiger partial charge is 0.396 e. The first kappa shape index (κ1) is 10.5. The molecule has 0 spiro atoms. The lowest BCUT2D eigenvalue weighted by atomic mass is 10.2. The van der Waals surface area contributed by atoms with Crippen LogP contribution in [0, 0.1) is 12.8 Å². The third-order valence-electron chi connectivity index (χ3n) is 1.61. The van der Waals surface area contributed by atoms with Gasteiger partial charge in [0.25, 0.3) is 0 Å². The van der Waals surface area contributed by atoms with Crippen molar-refractivity contribution in [1.29, 1.82) is 0 Å². The molecular formula is C9H14N2OS. The predicted molar refractivity (Wildman–Crippen MR) is 53.7 cm³/mol. The normalized spacial score (nSPS) is 12.8. The van der Waals surface area contributed by atoms with E-state index in [1.807, 2.05) is 19.9 Å². The number of hydrogen-bond acceptors (Lipinski definition) is 4. The SMILES string of the molecule is Cc1cc(SCC(C)CO)ncn1. The summed E-state index contributed by atoms with van der Waals surface area (Å²) in [5, 5.41) is 9.80. The van der Waals surface area contributed by atoms with Gasteiger partial charge < -0.3 is 5.11 Å². The molecule has 0 amide bonds. The molecule has 0 aliphatic carbocycles. The molecule has 0 aromatic carbocycles. The molecule has 1 aromatic heterocycles. The van der Waals surface area contributed by atoms with Gasteiger partial charge in [0.1, 0.15) is 6.33 Å². The molecular weight excluding hydrogens is 184 g/mol. The molecule has 1 unspecified atom stereocenters. The second kappa shape index (κ2) is 5.19. The molecule has 0 saturated heterocycles. The van der Waals surface area contributed by atoms with Crippen LogP contribution in [0.2, 0.25) is 0 Å². The van der Waals surface area contributed by atoms with Crippen LogP contribution in [-0.4, -0.2) is 27.4 Å². The van der Waals surface area contributed by atoms with Crippen molar-refractivity contribution in [2.24, 2.45) is 5.92 Å². The highest BCUT2D eigenvalue weighted by molar-refractivity contribution is 7.99. The molecule has 0 aliphatic rings. The Balaban J connectivity index is 2.45. The fraction of sp³-hybridized carbons (Fsp3) is 0.556. The van der Waals surface area contributed by atoms with Gasteiger partial charge in [0.2, 0.25) is 0 Å². The smallest absolute Gasteiger partial charge is 0.116 e. The van der Waals surface area contributed by atoms with Gasteiger partial charge in [-0.15, -0.1) is 11.8 Å². The minimum Gasteiger partial charge on any atom is -0.396 e. The zero-order chi connectivity index (χ0) is 9.68. The number of aromatic nitrogens is 2. The van der Waals surface area contributed by atoms with Crippen LogP contribution in [0.1, 0.15) is 12.6 Å². The van der Waals surface area contributed by atoms with Gasteiger partial charge in [-0.2, -0.15) is 0 Å². The summed E-state index contributed by atoms with van der Waals surface area (Å²) < 4.78 is 0. The van der Waals surface area contributed by atoms with Gasteiger partial charge in [-0.3, -0.25) is 0 Å². The van der Waals surface area contributed by atoms with Crippen molar-refractivity contribution in [3.8, 4) is 0 Å². The Morgan fingerprint density at radius 2 is 2.31 bits per heavy atom. The standard InChI is InChI=1S/C9H14N2OS/c1-7(4-12)5-13-9-3-8(2)10-6-11-9/h3,6-7,12H,4-5H2,1-2H3. The van der Waals surface area contributed by atoms with Crippen molar-refractivity contribution in [2.45, 2.75) is 18.9 Å². The first-order chi connectivity index (χ1) is 6.22. The average molecular weight is 198 g/mol. The van der Waals surface area contributed by atoms with Crippen molar-refractivity contribution in [3.63, 3.8) is 0 Å². The fourth-order valence-corrected chi connectivity index (χ4v) is 1.73. The van der Waals surface area contributed by atoms with E-state index in [2.05, 4.69) is 9.97 Å². The van der Waals surface area contributed by atoms with E-state index in [1.54, 1.807) is 18.1 Å². The van der Waals surface area contributed by atoms with Crippen molar-refractivity contribution in [1.82, 2.24) is 9.97 Å². The summed E-state index contributed by atoms with van der Waals surface area (Å²) in [6.07, 6.45) is 1.57. The van der Waals surface area contributed by atoms with Crippen LogP contribution in [0.3, 0.4) is 0 Å². The van der Waals surface area contributed by atoms with E-state index in [-0.39, 0.29) is 6.61 Å². The summed E-state index contributed by atoms with van der Waals surface area (Å²) in [5.74, 6) is 1.22. The molecule has 0 aliphatic heterocycles. The minimum absolute atomic E-state index is 0.233. The third-order valence-corrected chi connectivity index (χ3v) is 2.86. The molecule has 0 radical (unpaired) electrons. The predicted octanol–water partition coefficient (Wildman–Crippen LogP) is 1.51.